The summed E-state index contributed by atoms with van der Waals surface area (Å²) in [7, 11) is 0. The molecule has 0 saturated heterocycles. The van der Waals surface area contributed by atoms with E-state index in [0.29, 0.717) is 18.5 Å². The Labute approximate surface area is 106 Å². The number of rotatable bonds is 4. The van der Waals surface area contributed by atoms with Crippen LogP contribution in [0.4, 0.5) is 0 Å². The van der Waals surface area contributed by atoms with Gasteiger partial charge in [-0.1, -0.05) is 19.1 Å². The third-order valence-corrected chi connectivity index (χ3v) is 3.43. The van der Waals surface area contributed by atoms with Gasteiger partial charge in [-0.15, -0.1) is 0 Å². The fourth-order valence-corrected chi connectivity index (χ4v) is 2.42. The molecule has 0 saturated carbocycles. The van der Waals surface area contributed by atoms with E-state index in [1.807, 2.05) is 6.07 Å². The molecular weight excluding hydrogens is 230 g/mol. The van der Waals surface area contributed by atoms with E-state index < -0.39 is 5.97 Å². The topological polar surface area (TPSA) is 59.3 Å². The van der Waals surface area contributed by atoms with Crippen LogP contribution in [0, 0.1) is 0 Å². The van der Waals surface area contributed by atoms with Gasteiger partial charge < -0.3 is 9.67 Å². The average molecular weight is 247 g/mol. The fraction of sp³-hybridized carbons (Fsp3) is 0.429. The molecule has 2 rings (SSSR count). The maximum Gasteiger partial charge on any atom is 0.331 e. The van der Waals surface area contributed by atoms with Gasteiger partial charge in [0, 0.05) is 23.9 Å². The first-order valence-electron chi connectivity index (χ1n) is 6.27. The monoisotopic (exact) mass is 247 g/mol. The van der Waals surface area contributed by atoms with Gasteiger partial charge in [-0.2, -0.15) is 0 Å². The van der Waals surface area contributed by atoms with Crippen molar-refractivity contribution in [2.24, 2.45) is 0 Å². The summed E-state index contributed by atoms with van der Waals surface area (Å²) in [6.45, 7) is 2.16. The number of fused-ring (bicyclic) bond motifs is 1. The highest BCUT2D eigenvalue weighted by molar-refractivity contribution is 5.86. The largest absolute Gasteiger partial charge is 0.478 e. The highest BCUT2D eigenvalue weighted by Crippen LogP contribution is 2.20. The highest BCUT2D eigenvalue weighted by Gasteiger charge is 2.15. The lowest BCUT2D eigenvalue weighted by molar-refractivity contribution is -0.132. The van der Waals surface area contributed by atoms with Crippen molar-refractivity contribution in [2.45, 2.75) is 39.2 Å². The van der Waals surface area contributed by atoms with Crippen molar-refractivity contribution in [2.75, 3.05) is 0 Å². The highest BCUT2D eigenvalue weighted by atomic mass is 16.4. The zero-order chi connectivity index (χ0) is 13.1. The fourth-order valence-electron chi connectivity index (χ4n) is 2.42. The molecule has 0 amide bonds. The molecule has 0 aromatic carbocycles. The molecule has 18 heavy (non-hydrogen) atoms. The Bertz CT molecular complexity index is 555. The van der Waals surface area contributed by atoms with Gasteiger partial charge in [0.1, 0.15) is 0 Å². The molecule has 0 spiro atoms. The van der Waals surface area contributed by atoms with E-state index in [9.17, 15) is 9.59 Å². The summed E-state index contributed by atoms with van der Waals surface area (Å²) in [6, 6.07) is 3.47. The first-order chi connectivity index (χ1) is 8.63. The molecule has 1 aromatic rings. The van der Waals surface area contributed by atoms with Crippen molar-refractivity contribution < 1.29 is 9.90 Å². The summed E-state index contributed by atoms with van der Waals surface area (Å²) in [5, 5.41) is 8.96. The van der Waals surface area contributed by atoms with Crippen LogP contribution in [0.2, 0.25) is 0 Å². The van der Waals surface area contributed by atoms with Crippen LogP contribution < -0.4 is 5.56 Å². The zero-order valence-corrected chi connectivity index (χ0v) is 10.5. The number of carboxylic acid groups (broad SMARTS) is 1. The van der Waals surface area contributed by atoms with Gasteiger partial charge in [0.2, 0.25) is 0 Å². The zero-order valence-electron chi connectivity index (χ0n) is 10.5. The molecule has 0 bridgehead atoms. The molecule has 4 nitrogen and oxygen atoms in total. The minimum atomic E-state index is -0.905. The number of aryl methyl sites for hydroxylation is 1. The molecule has 96 valence electrons. The van der Waals surface area contributed by atoms with Crippen LogP contribution in [0.1, 0.15) is 31.0 Å². The Balaban J connectivity index is 2.33. The van der Waals surface area contributed by atoms with Gasteiger partial charge in [0.05, 0.1) is 0 Å². The van der Waals surface area contributed by atoms with Crippen LogP contribution in [-0.4, -0.2) is 15.6 Å². The van der Waals surface area contributed by atoms with Crippen LogP contribution in [0.3, 0.4) is 0 Å². The lowest BCUT2D eigenvalue weighted by Gasteiger charge is -2.10. The quantitative estimate of drug-likeness (QED) is 0.825. The van der Waals surface area contributed by atoms with Gasteiger partial charge in [-0.3, -0.25) is 4.79 Å². The predicted molar refractivity (Wildman–Crippen MR) is 68.7 cm³/mol. The number of aromatic nitrogens is 1. The van der Waals surface area contributed by atoms with Gasteiger partial charge in [-0.25, -0.2) is 4.79 Å². The number of aliphatic carboxylic acids is 1. The smallest absolute Gasteiger partial charge is 0.331 e. The summed E-state index contributed by atoms with van der Waals surface area (Å²) in [6.07, 6.45) is 5.11. The van der Waals surface area contributed by atoms with Crippen LogP contribution in [0.15, 0.2) is 28.6 Å². The molecule has 0 aliphatic heterocycles. The number of hydrogen-bond acceptors (Lipinski definition) is 2. The Morgan fingerprint density at radius 1 is 1.44 bits per heavy atom. The van der Waals surface area contributed by atoms with Gasteiger partial charge in [-0.05, 0) is 31.2 Å². The van der Waals surface area contributed by atoms with E-state index in [2.05, 4.69) is 0 Å². The standard InChI is InChI=1S/C14H17NO3/c1-2-10(14(17)18)8-9-15-12-5-3-4-11(12)6-7-13(15)16/h6-8H,2-5,9H2,1H3,(H,17,18)/b10-8-. The van der Waals surface area contributed by atoms with Gasteiger partial charge in [0.25, 0.3) is 5.56 Å². The number of allylic oxidation sites excluding steroid dienone is 1. The van der Waals surface area contributed by atoms with E-state index >= 15 is 0 Å². The average Bonchev–Trinajstić information content (AvgIpc) is 2.80. The van der Waals surface area contributed by atoms with Crippen LogP contribution in [0.5, 0.6) is 0 Å². The van der Waals surface area contributed by atoms with Gasteiger partial charge >= 0.3 is 5.97 Å². The molecule has 1 heterocycles. The van der Waals surface area contributed by atoms with E-state index in [0.717, 1.165) is 25.0 Å². The molecule has 1 aliphatic rings. The number of carbonyl (C=O) groups is 1. The Morgan fingerprint density at radius 3 is 2.89 bits per heavy atom. The van der Waals surface area contributed by atoms with Crippen molar-refractivity contribution in [3.05, 3.63) is 45.4 Å². The van der Waals surface area contributed by atoms with Gasteiger partial charge in [0.15, 0.2) is 0 Å². The van der Waals surface area contributed by atoms with Crippen LogP contribution >= 0.6 is 0 Å². The summed E-state index contributed by atoms with van der Waals surface area (Å²) in [5.41, 5.74) is 2.60. The molecular formula is C14H17NO3. The molecule has 4 heteroatoms. The van der Waals surface area contributed by atoms with Crippen molar-refractivity contribution in [1.82, 2.24) is 4.57 Å². The molecule has 0 unspecified atom stereocenters. The minimum absolute atomic E-state index is 0.0484. The van der Waals surface area contributed by atoms with Crippen molar-refractivity contribution in [3.8, 4) is 0 Å². The van der Waals surface area contributed by atoms with Crippen molar-refractivity contribution >= 4 is 5.97 Å². The van der Waals surface area contributed by atoms with Crippen molar-refractivity contribution in [1.29, 1.82) is 0 Å². The normalized spacial score (nSPS) is 14.6. The summed E-state index contributed by atoms with van der Waals surface area (Å²) in [4.78, 5) is 22.8. The second-order valence-corrected chi connectivity index (χ2v) is 4.50. The second kappa shape index (κ2) is 5.21. The molecule has 1 aromatic heterocycles. The van der Waals surface area contributed by atoms with E-state index in [1.165, 1.54) is 5.56 Å². The number of nitrogens with zero attached hydrogens (tertiary/aromatic N) is 1. The first kappa shape index (κ1) is 12.6. The molecule has 0 fully saturated rings. The van der Waals surface area contributed by atoms with E-state index in [4.69, 9.17) is 5.11 Å². The summed E-state index contributed by atoms with van der Waals surface area (Å²) in [5.74, 6) is -0.905. The third kappa shape index (κ3) is 2.37. The van der Waals surface area contributed by atoms with E-state index in [1.54, 1.807) is 23.6 Å². The number of carboxylic acids is 1. The second-order valence-electron chi connectivity index (χ2n) is 4.50. The Hall–Kier alpha value is -1.84. The van der Waals surface area contributed by atoms with Crippen LogP contribution in [0.25, 0.3) is 0 Å². The Kier molecular flexibility index (Phi) is 3.65. The predicted octanol–water partition coefficient (Wildman–Crippen LogP) is 1.76. The molecule has 1 aliphatic carbocycles. The third-order valence-electron chi connectivity index (χ3n) is 3.43. The molecule has 0 atom stereocenters. The lowest BCUT2D eigenvalue weighted by atomic mass is 10.2. The SMILES string of the molecule is CC/C(=C/Cn1c2c(ccc1=O)CCC2)C(=O)O. The maximum atomic E-state index is 11.8. The number of hydrogen-bond donors (Lipinski definition) is 1. The van der Waals surface area contributed by atoms with E-state index in [-0.39, 0.29) is 5.56 Å². The summed E-state index contributed by atoms with van der Waals surface area (Å²) < 4.78 is 1.70. The Morgan fingerprint density at radius 2 is 2.22 bits per heavy atom. The molecule has 0 radical (unpaired) electrons. The first-order valence-corrected chi connectivity index (χ1v) is 6.27. The minimum Gasteiger partial charge on any atom is -0.478 e. The molecule has 1 N–H and O–H groups in total. The van der Waals surface area contributed by atoms with Crippen molar-refractivity contribution in [3.63, 3.8) is 0 Å². The summed E-state index contributed by atoms with van der Waals surface area (Å²) >= 11 is 0. The lowest BCUT2D eigenvalue weighted by Crippen LogP contribution is -2.22. The maximum absolute atomic E-state index is 11.8. The van der Waals surface area contributed by atoms with Crippen LogP contribution in [-0.2, 0) is 24.2 Å². The number of pyridine rings is 1.